The summed E-state index contributed by atoms with van der Waals surface area (Å²) in [5.74, 6) is 0. The minimum Gasteiger partial charge on any atom is -0.128 e. The highest BCUT2D eigenvalue weighted by Crippen LogP contribution is 2.25. The normalized spacial score (nSPS) is 10.1. The maximum absolute atomic E-state index is 5.76. The largest absolute Gasteiger partial charge is 0.128 e. The van der Waals surface area contributed by atoms with E-state index in [1.807, 2.05) is 6.07 Å². The first-order chi connectivity index (χ1) is 4.24. The van der Waals surface area contributed by atoms with Gasteiger partial charge in [0.1, 0.15) is 0 Å². The van der Waals surface area contributed by atoms with Gasteiger partial charge >= 0.3 is 0 Å². The van der Waals surface area contributed by atoms with E-state index in [0.29, 0.717) is 0 Å². The minimum absolute atomic E-state index is 0.907. The molecule has 0 aromatic carbocycles. The second-order valence-electron chi connectivity index (χ2n) is 2.01. The lowest BCUT2D eigenvalue weighted by molar-refractivity contribution is 1.16. The number of rotatable bonds is 1. The number of aryl methyl sites for hydroxylation is 2. The van der Waals surface area contributed by atoms with E-state index in [0.717, 1.165) is 10.8 Å². The fourth-order valence-electron chi connectivity index (χ4n) is 0.829. The van der Waals surface area contributed by atoms with E-state index in [1.54, 1.807) is 11.3 Å². The molecule has 0 fully saturated rings. The van der Waals surface area contributed by atoms with E-state index in [1.165, 1.54) is 10.4 Å². The Balaban J connectivity index is 3.01. The smallest absolute Gasteiger partial charge is 0.0933 e. The van der Waals surface area contributed by atoms with E-state index >= 15 is 0 Å². The number of thiophene rings is 1. The lowest BCUT2D eigenvalue weighted by atomic mass is 10.2. The van der Waals surface area contributed by atoms with E-state index in [4.69, 9.17) is 11.6 Å². The highest BCUT2D eigenvalue weighted by atomic mass is 35.5. The van der Waals surface area contributed by atoms with Crippen LogP contribution < -0.4 is 0 Å². The van der Waals surface area contributed by atoms with Crippen LogP contribution in [-0.2, 0) is 6.42 Å². The van der Waals surface area contributed by atoms with Crippen LogP contribution in [0.15, 0.2) is 6.07 Å². The Morgan fingerprint density at radius 3 is 2.56 bits per heavy atom. The summed E-state index contributed by atoms with van der Waals surface area (Å²) in [6.07, 6.45) is 1.10. The molecule has 0 radical (unpaired) electrons. The first kappa shape index (κ1) is 7.10. The fourth-order valence-corrected chi connectivity index (χ4v) is 2.11. The van der Waals surface area contributed by atoms with Gasteiger partial charge in [0.2, 0.25) is 0 Å². The van der Waals surface area contributed by atoms with Crippen molar-refractivity contribution < 1.29 is 0 Å². The average molecular weight is 161 g/mol. The standard InChI is InChI=1S/C7H9ClS/c1-3-6-5(2)4-7(8)9-6/h4H,3H2,1-2H3. The van der Waals surface area contributed by atoms with Crippen LogP contribution in [0.3, 0.4) is 0 Å². The Morgan fingerprint density at radius 1 is 1.67 bits per heavy atom. The van der Waals surface area contributed by atoms with Gasteiger partial charge in [-0.1, -0.05) is 18.5 Å². The molecule has 9 heavy (non-hydrogen) atoms. The van der Waals surface area contributed by atoms with Gasteiger partial charge in [-0.05, 0) is 25.0 Å². The van der Waals surface area contributed by atoms with Gasteiger partial charge in [-0.2, -0.15) is 0 Å². The maximum Gasteiger partial charge on any atom is 0.0933 e. The van der Waals surface area contributed by atoms with Crippen LogP contribution >= 0.6 is 22.9 Å². The van der Waals surface area contributed by atoms with Crippen LogP contribution in [0.25, 0.3) is 0 Å². The summed E-state index contributed by atoms with van der Waals surface area (Å²) in [4.78, 5) is 1.40. The topological polar surface area (TPSA) is 0 Å². The Hall–Kier alpha value is -0.0100. The van der Waals surface area contributed by atoms with Gasteiger partial charge in [0, 0.05) is 4.88 Å². The third kappa shape index (κ3) is 1.46. The van der Waals surface area contributed by atoms with Crippen LogP contribution in [0.1, 0.15) is 17.4 Å². The molecule has 0 aliphatic carbocycles. The van der Waals surface area contributed by atoms with Crippen LogP contribution in [0.4, 0.5) is 0 Å². The van der Waals surface area contributed by atoms with Crippen molar-refractivity contribution in [3.05, 3.63) is 20.8 Å². The molecule has 0 unspecified atom stereocenters. The molecular weight excluding hydrogens is 152 g/mol. The van der Waals surface area contributed by atoms with E-state index in [9.17, 15) is 0 Å². The second-order valence-corrected chi connectivity index (χ2v) is 3.78. The molecule has 0 saturated carbocycles. The molecule has 0 aliphatic rings. The van der Waals surface area contributed by atoms with Crippen LogP contribution in [0.2, 0.25) is 4.34 Å². The minimum atomic E-state index is 0.907. The Bertz CT molecular complexity index is 203. The van der Waals surface area contributed by atoms with Gasteiger partial charge in [-0.25, -0.2) is 0 Å². The Morgan fingerprint density at radius 2 is 2.33 bits per heavy atom. The van der Waals surface area contributed by atoms with Gasteiger partial charge < -0.3 is 0 Å². The fraction of sp³-hybridized carbons (Fsp3) is 0.429. The van der Waals surface area contributed by atoms with Crippen molar-refractivity contribution in [3.8, 4) is 0 Å². The monoisotopic (exact) mass is 160 g/mol. The first-order valence-corrected chi connectivity index (χ1v) is 4.18. The van der Waals surface area contributed by atoms with Crippen molar-refractivity contribution in [2.45, 2.75) is 20.3 Å². The van der Waals surface area contributed by atoms with Crippen molar-refractivity contribution in [1.29, 1.82) is 0 Å². The van der Waals surface area contributed by atoms with E-state index < -0.39 is 0 Å². The predicted octanol–water partition coefficient (Wildman–Crippen LogP) is 3.27. The zero-order chi connectivity index (χ0) is 6.85. The Kier molecular flexibility index (Phi) is 2.14. The molecule has 0 spiro atoms. The molecule has 2 heteroatoms. The zero-order valence-electron chi connectivity index (χ0n) is 5.57. The van der Waals surface area contributed by atoms with Crippen LogP contribution in [0.5, 0.6) is 0 Å². The van der Waals surface area contributed by atoms with Crippen molar-refractivity contribution in [2.75, 3.05) is 0 Å². The molecule has 0 nitrogen and oxygen atoms in total. The third-order valence-electron chi connectivity index (χ3n) is 1.31. The molecule has 0 amide bonds. The SMILES string of the molecule is CCc1sc(Cl)cc1C. The summed E-state index contributed by atoms with van der Waals surface area (Å²) in [6.45, 7) is 4.25. The molecule has 0 bridgehead atoms. The number of hydrogen-bond acceptors (Lipinski definition) is 1. The molecule has 1 aromatic heterocycles. The molecule has 0 saturated heterocycles. The quantitative estimate of drug-likeness (QED) is 0.592. The summed E-state index contributed by atoms with van der Waals surface area (Å²) in [7, 11) is 0. The molecular formula is C7H9ClS. The lowest BCUT2D eigenvalue weighted by Crippen LogP contribution is -1.72. The summed E-state index contributed by atoms with van der Waals surface area (Å²) < 4.78 is 0.907. The van der Waals surface area contributed by atoms with Gasteiger partial charge in [0.25, 0.3) is 0 Å². The average Bonchev–Trinajstić information content (AvgIpc) is 2.10. The van der Waals surface area contributed by atoms with Gasteiger partial charge in [-0.3, -0.25) is 0 Å². The van der Waals surface area contributed by atoms with Crippen molar-refractivity contribution in [2.24, 2.45) is 0 Å². The molecule has 50 valence electrons. The van der Waals surface area contributed by atoms with Crippen LogP contribution in [-0.4, -0.2) is 0 Å². The van der Waals surface area contributed by atoms with Gasteiger partial charge in [0.15, 0.2) is 0 Å². The van der Waals surface area contributed by atoms with Crippen molar-refractivity contribution in [1.82, 2.24) is 0 Å². The highest BCUT2D eigenvalue weighted by Gasteiger charge is 1.99. The second kappa shape index (κ2) is 2.72. The van der Waals surface area contributed by atoms with E-state index in [-0.39, 0.29) is 0 Å². The van der Waals surface area contributed by atoms with Crippen molar-refractivity contribution >= 4 is 22.9 Å². The molecule has 0 N–H and O–H groups in total. The molecule has 0 aliphatic heterocycles. The predicted molar refractivity (Wildman–Crippen MR) is 43.4 cm³/mol. The number of hydrogen-bond donors (Lipinski definition) is 0. The lowest BCUT2D eigenvalue weighted by Gasteiger charge is -1.87. The van der Waals surface area contributed by atoms with E-state index in [2.05, 4.69) is 13.8 Å². The summed E-state index contributed by atoms with van der Waals surface area (Å²) in [5, 5.41) is 0. The van der Waals surface area contributed by atoms with Crippen molar-refractivity contribution in [3.63, 3.8) is 0 Å². The molecule has 1 rings (SSSR count). The van der Waals surface area contributed by atoms with Gasteiger partial charge in [0.05, 0.1) is 4.34 Å². The zero-order valence-corrected chi connectivity index (χ0v) is 7.14. The van der Waals surface area contributed by atoms with Crippen LogP contribution in [0, 0.1) is 6.92 Å². The summed E-state index contributed by atoms with van der Waals surface area (Å²) in [5.41, 5.74) is 1.33. The maximum atomic E-state index is 5.76. The van der Waals surface area contributed by atoms with Gasteiger partial charge in [-0.15, -0.1) is 11.3 Å². The molecule has 0 atom stereocenters. The third-order valence-corrected chi connectivity index (χ3v) is 2.82. The summed E-state index contributed by atoms with van der Waals surface area (Å²) >= 11 is 7.44. The molecule has 1 heterocycles. The Labute approximate surface area is 64.5 Å². The summed E-state index contributed by atoms with van der Waals surface area (Å²) in [6, 6.07) is 2.02. The number of halogens is 1. The molecule has 1 aromatic rings. The highest BCUT2D eigenvalue weighted by molar-refractivity contribution is 7.16. The first-order valence-electron chi connectivity index (χ1n) is 2.99.